The van der Waals surface area contributed by atoms with E-state index >= 15 is 0 Å². The first-order valence-electron chi connectivity index (χ1n) is 6.47. The van der Waals surface area contributed by atoms with Crippen molar-refractivity contribution in [1.82, 2.24) is 10.2 Å². The number of carbonyl (C=O) groups excluding carboxylic acids is 1. The lowest BCUT2D eigenvalue weighted by atomic mass is 10.2. The quantitative estimate of drug-likeness (QED) is 0.874. The SMILES string of the molecule is COc1cccc(OCC(=O)N2CCNCC2)c1C. The molecule has 1 aromatic carbocycles. The third kappa shape index (κ3) is 3.38. The van der Waals surface area contributed by atoms with Crippen molar-refractivity contribution in [1.29, 1.82) is 0 Å². The number of benzene rings is 1. The zero-order valence-corrected chi connectivity index (χ0v) is 11.4. The van der Waals surface area contributed by atoms with Crippen LogP contribution in [-0.2, 0) is 4.79 Å². The predicted octanol–water partition coefficient (Wildman–Crippen LogP) is 0.814. The van der Waals surface area contributed by atoms with E-state index in [2.05, 4.69) is 5.32 Å². The number of amides is 1. The molecule has 104 valence electrons. The van der Waals surface area contributed by atoms with Crippen molar-refractivity contribution < 1.29 is 14.3 Å². The molecule has 5 heteroatoms. The second-order valence-electron chi connectivity index (χ2n) is 4.50. The average Bonchev–Trinajstić information content (AvgIpc) is 2.47. The molecule has 0 atom stereocenters. The van der Waals surface area contributed by atoms with E-state index in [4.69, 9.17) is 9.47 Å². The highest BCUT2D eigenvalue weighted by molar-refractivity contribution is 5.78. The summed E-state index contributed by atoms with van der Waals surface area (Å²) >= 11 is 0. The normalized spacial score (nSPS) is 15.2. The second-order valence-corrected chi connectivity index (χ2v) is 4.50. The first-order chi connectivity index (χ1) is 9.22. The maximum absolute atomic E-state index is 12.0. The molecule has 2 rings (SSSR count). The van der Waals surface area contributed by atoms with E-state index < -0.39 is 0 Å². The van der Waals surface area contributed by atoms with Crippen molar-refractivity contribution in [2.45, 2.75) is 6.92 Å². The average molecular weight is 264 g/mol. The van der Waals surface area contributed by atoms with Gasteiger partial charge in [0.1, 0.15) is 11.5 Å². The fourth-order valence-corrected chi connectivity index (χ4v) is 2.12. The van der Waals surface area contributed by atoms with E-state index in [9.17, 15) is 4.79 Å². The lowest BCUT2D eigenvalue weighted by Gasteiger charge is -2.27. The van der Waals surface area contributed by atoms with Crippen LogP contribution < -0.4 is 14.8 Å². The molecule has 0 radical (unpaired) electrons. The maximum atomic E-state index is 12.0. The van der Waals surface area contributed by atoms with Gasteiger partial charge < -0.3 is 19.7 Å². The van der Waals surface area contributed by atoms with Gasteiger partial charge in [0.05, 0.1) is 7.11 Å². The van der Waals surface area contributed by atoms with Gasteiger partial charge in [0.15, 0.2) is 6.61 Å². The number of ether oxygens (including phenoxy) is 2. The number of rotatable bonds is 4. The predicted molar refractivity (Wildman–Crippen MR) is 72.7 cm³/mol. The molecule has 1 aliphatic rings. The summed E-state index contributed by atoms with van der Waals surface area (Å²) in [6.45, 7) is 5.20. The minimum Gasteiger partial charge on any atom is -0.496 e. The Hall–Kier alpha value is -1.75. The zero-order valence-electron chi connectivity index (χ0n) is 11.4. The van der Waals surface area contributed by atoms with Gasteiger partial charge in [-0.25, -0.2) is 0 Å². The van der Waals surface area contributed by atoms with Crippen LogP contribution in [0.5, 0.6) is 11.5 Å². The summed E-state index contributed by atoms with van der Waals surface area (Å²) < 4.78 is 10.8. The lowest BCUT2D eigenvalue weighted by molar-refractivity contribution is -0.133. The fourth-order valence-electron chi connectivity index (χ4n) is 2.12. The van der Waals surface area contributed by atoms with Gasteiger partial charge >= 0.3 is 0 Å². The molecule has 1 heterocycles. The van der Waals surface area contributed by atoms with Gasteiger partial charge in [-0.15, -0.1) is 0 Å². The first kappa shape index (κ1) is 13.7. The molecule has 19 heavy (non-hydrogen) atoms. The second kappa shape index (κ2) is 6.43. The Morgan fingerprint density at radius 1 is 1.32 bits per heavy atom. The number of carbonyl (C=O) groups is 1. The molecule has 0 saturated carbocycles. The van der Waals surface area contributed by atoms with E-state index in [1.807, 2.05) is 30.0 Å². The van der Waals surface area contributed by atoms with Crippen LogP contribution in [0.2, 0.25) is 0 Å². The van der Waals surface area contributed by atoms with Crippen LogP contribution in [0.1, 0.15) is 5.56 Å². The summed E-state index contributed by atoms with van der Waals surface area (Å²) in [5, 5.41) is 3.22. The van der Waals surface area contributed by atoms with Crippen molar-refractivity contribution in [3.63, 3.8) is 0 Å². The van der Waals surface area contributed by atoms with Gasteiger partial charge in [0, 0.05) is 31.7 Å². The van der Waals surface area contributed by atoms with Crippen molar-refractivity contribution in [2.24, 2.45) is 0 Å². The molecule has 1 N–H and O–H groups in total. The maximum Gasteiger partial charge on any atom is 0.260 e. The highest BCUT2D eigenvalue weighted by Gasteiger charge is 2.17. The minimum absolute atomic E-state index is 0.0312. The van der Waals surface area contributed by atoms with Gasteiger partial charge in [0.2, 0.25) is 0 Å². The number of hydrogen-bond acceptors (Lipinski definition) is 4. The lowest BCUT2D eigenvalue weighted by Crippen LogP contribution is -2.47. The summed E-state index contributed by atoms with van der Waals surface area (Å²) in [5.41, 5.74) is 0.915. The molecule has 1 saturated heterocycles. The Labute approximate surface area is 113 Å². The number of methoxy groups -OCH3 is 1. The van der Waals surface area contributed by atoms with E-state index in [0.29, 0.717) is 5.75 Å². The fraction of sp³-hybridized carbons (Fsp3) is 0.500. The molecule has 1 aliphatic heterocycles. The van der Waals surface area contributed by atoms with Crippen LogP contribution in [0.3, 0.4) is 0 Å². The smallest absolute Gasteiger partial charge is 0.260 e. The van der Waals surface area contributed by atoms with Gasteiger partial charge in [-0.3, -0.25) is 4.79 Å². The van der Waals surface area contributed by atoms with Crippen molar-refractivity contribution in [2.75, 3.05) is 39.9 Å². The molecule has 0 unspecified atom stereocenters. The Morgan fingerprint density at radius 3 is 2.68 bits per heavy atom. The monoisotopic (exact) mass is 264 g/mol. The Bertz CT molecular complexity index is 442. The van der Waals surface area contributed by atoms with Crippen LogP contribution in [0.4, 0.5) is 0 Å². The minimum atomic E-state index is 0.0312. The van der Waals surface area contributed by atoms with Crippen LogP contribution in [0, 0.1) is 6.92 Å². The molecule has 0 aromatic heterocycles. The van der Waals surface area contributed by atoms with Crippen LogP contribution in [0.25, 0.3) is 0 Å². The van der Waals surface area contributed by atoms with E-state index in [1.165, 1.54) is 0 Å². The molecule has 0 aliphatic carbocycles. The van der Waals surface area contributed by atoms with Crippen molar-refractivity contribution >= 4 is 5.91 Å². The third-order valence-corrected chi connectivity index (χ3v) is 3.28. The van der Waals surface area contributed by atoms with Crippen LogP contribution in [0.15, 0.2) is 18.2 Å². The Morgan fingerprint density at radius 2 is 2.00 bits per heavy atom. The van der Waals surface area contributed by atoms with Crippen molar-refractivity contribution in [3.8, 4) is 11.5 Å². The molecule has 0 bridgehead atoms. The standard InChI is InChI=1S/C14H20N2O3/c1-11-12(18-2)4-3-5-13(11)19-10-14(17)16-8-6-15-7-9-16/h3-5,15H,6-10H2,1-2H3. The first-order valence-corrected chi connectivity index (χ1v) is 6.47. The third-order valence-electron chi connectivity index (χ3n) is 3.28. The topological polar surface area (TPSA) is 50.8 Å². The number of nitrogens with one attached hydrogen (secondary N) is 1. The molecular formula is C14H20N2O3. The van der Waals surface area contributed by atoms with Crippen LogP contribution in [-0.4, -0.2) is 50.7 Å². The van der Waals surface area contributed by atoms with E-state index in [1.54, 1.807) is 7.11 Å². The van der Waals surface area contributed by atoms with Gasteiger partial charge in [-0.05, 0) is 19.1 Å². The molecule has 1 aromatic rings. The molecule has 1 fully saturated rings. The van der Waals surface area contributed by atoms with Crippen LogP contribution >= 0.6 is 0 Å². The highest BCUT2D eigenvalue weighted by atomic mass is 16.5. The summed E-state index contributed by atoms with van der Waals surface area (Å²) in [6.07, 6.45) is 0. The number of nitrogens with zero attached hydrogens (tertiary/aromatic N) is 1. The summed E-state index contributed by atoms with van der Waals surface area (Å²) in [5.74, 6) is 1.50. The Kier molecular flexibility index (Phi) is 4.63. The molecule has 0 spiro atoms. The van der Waals surface area contributed by atoms with E-state index in [-0.39, 0.29) is 12.5 Å². The van der Waals surface area contributed by atoms with Gasteiger partial charge in [-0.1, -0.05) is 6.07 Å². The number of hydrogen-bond donors (Lipinski definition) is 1. The molecule has 5 nitrogen and oxygen atoms in total. The van der Waals surface area contributed by atoms with Gasteiger partial charge in [-0.2, -0.15) is 0 Å². The number of piperazine rings is 1. The summed E-state index contributed by atoms with van der Waals surface area (Å²) in [4.78, 5) is 13.8. The highest BCUT2D eigenvalue weighted by Crippen LogP contribution is 2.26. The summed E-state index contributed by atoms with van der Waals surface area (Å²) in [7, 11) is 1.62. The van der Waals surface area contributed by atoms with E-state index in [0.717, 1.165) is 37.5 Å². The largest absolute Gasteiger partial charge is 0.496 e. The molecular weight excluding hydrogens is 244 g/mol. The van der Waals surface area contributed by atoms with Crippen molar-refractivity contribution in [3.05, 3.63) is 23.8 Å². The molecule has 1 amide bonds. The zero-order chi connectivity index (χ0) is 13.7. The summed E-state index contributed by atoms with van der Waals surface area (Å²) in [6, 6.07) is 5.58. The Balaban J connectivity index is 1.93. The van der Waals surface area contributed by atoms with Gasteiger partial charge in [0.25, 0.3) is 5.91 Å².